The maximum Gasteiger partial charge on any atom is 0.266 e. The number of rotatable bonds is 5. The molecule has 0 saturated heterocycles. The first-order chi connectivity index (χ1) is 7.49. The van der Waals surface area contributed by atoms with Crippen molar-refractivity contribution in [1.82, 2.24) is 15.1 Å². The molecule has 5 nitrogen and oxygen atoms in total. The molecule has 0 fully saturated rings. The van der Waals surface area contributed by atoms with E-state index in [1.807, 2.05) is 14.1 Å². The zero-order valence-corrected chi connectivity index (χ0v) is 10.3. The van der Waals surface area contributed by atoms with Gasteiger partial charge in [0.25, 0.3) is 5.56 Å². The van der Waals surface area contributed by atoms with E-state index in [0.29, 0.717) is 12.0 Å². The van der Waals surface area contributed by atoms with Gasteiger partial charge in [-0.15, -0.1) is 0 Å². The molecule has 0 radical (unpaired) electrons. The Morgan fingerprint density at radius 3 is 2.69 bits per heavy atom. The van der Waals surface area contributed by atoms with Gasteiger partial charge in [-0.1, -0.05) is 13.8 Å². The SMILES string of the molecule is CC(C)C(CN(C)C)Nc1cn[nH]c(=O)c1. The molecule has 5 heteroatoms. The highest BCUT2D eigenvalue weighted by Gasteiger charge is 2.14. The van der Waals surface area contributed by atoms with E-state index in [9.17, 15) is 4.79 Å². The van der Waals surface area contributed by atoms with Crippen LogP contribution in [-0.4, -0.2) is 41.8 Å². The van der Waals surface area contributed by atoms with Gasteiger partial charge >= 0.3 is 0 Å². The summed E-state index contributed by atoms with van der Waals surface area (Å²) in [6, 6.07) is 1.83. The average Bonchev–Trinajstić information content (AvgIpc) is 2.15. The predicted octanol–water partition coefficient (Wildman–Crippen LogP) is 0.768. The van der Waals surface area contributed by atoms with Crippen molar-refractivity contribution in [2.75, 3.05) is 26.0 Å². The summed E-state index contributed by atoms with van der Waals surface area (Å²) in [6.45, 7) is 5.23. The lowest BCUT2D eigenvalue weighted by molar-refractivity contribution is 0.344. The van der Waals surface area contributed by atoms with E-state index in [0.717, 1.165) is 12.2 Å². The van der Waals surface area contributed by atoms with E-state index in [-0.39, 0.29) is 5.56 Å². The van der Waals surface area contributed by atoms with Crippen LogP contribution >= 0.6 is 0 Å². The molecule has 0 aliphatic rings. The molecule has 0 aliphatic heterocycles. The molecule has 1 aromatic heterocycles. The van der Waals surface area contributed by atoms with Gasteiger partial charge in [0, 0.05) is 18.7 Å². The van der Waals surface area contributed by atoms with E-state index in [1.54, 1.807) is 6.20 Å². The molecule has 90 valence electrons. The van der Waals surface area contributed by atoms with Crippen LogP contribution in [0, 0.1) is 5.92 Å². The normalized spacial score (nSPS) is 13.1. The molecule has 2 N–H and O–H groups in total. The summed E-state index contributed by atoms with van der Waals surface area (Å²) >= 11 is 0. The highest BCUT2D eigenvalue weighted by atomic mass is 16.1. The van der Waals surface area contributed by atoms with Gasteiger partial charge in [0.1, 0.15) is 0 Å². The fourth-order valence-electron chi connectivity index (χ4n) is 1.49. The Balaban J connectivity index is 2.71. The van der Waals surface area contributed by atoms with Crippen molar-refractivity contribution in [2.45, 2.75) is 19.9 Å². The van der Waals surface area contributed by atoms with Crippen LogP contribution in [0.5, 0.6) is 0 Å². The molecule has 1 unspecified atom stereocenters. The van der Waals surface area contributed by atoms with Crippen molar-refractivity contribution in [3.63, 3.8) is 0 Å². The Hall–Kier alpha value is -1.36. The van der Waals surface area contributed by atoms with Gasteiger partial charge in [-0.2, -0.15) is 5.10 Å². The molecule has 0 bridgehead atoms. The zero-order chi connectivity index (χ0) is 12.1. The van der Waals surface area contributed by atoms with Crippen LogP contribution in [0.3, 0.4) is 0 Å². The average molecular weight is 224 g/mol. The number of anilines is 1. The Morgan fingerprint density at radius 2 is 2.19 bits per heavy atom. The number of hydrogen-bond donors (Lipinski definition) is 2. The molecule has 0 amide bonds. The zero-order valence-electron chi connectivity index (χ0n) is 10.3. The van der Waals surface area contributed by atoms with Crippen molar-refractivity contribution in [3.05, 3.63) is 22.6 Å². The van der Waals surface area contributed by atoms with Crippen molar-refractivity contribution in [1.29, 1.82) is 0 Å². The van der Waals surface area contributed by atoms with Crippen LogP contribution in [0.15, 0.2) is 17.1 Å². The lowest BCUT2D eigenvalue weighted by Crippen LogP contribution is -2.36. The third-order valence-corrected chi connectivity index (χ3v) is 2.38. The Kier molecular flexibility index (Phi) is 4.49. The molecular weight excluding hydrogens is 204 g/mol. The second-order valence-electron chi connectivity index (χ2n) is 4.59. The largest absolute Gasteiger partial charge is 0.379 e. The van der Waals surface area contributed by atoms with Crippen molar-refractivity contribution in [3.8, 4) is 0 Å². The summed E-state index contributed by atoms with van der Waals surface area (Å²) in [5.74, 6) is 0.488. The van der Waals surface area contributed by atoms with Gasteiger partial charge in [0.05, 0.1) is 11.9 Å². The molecule has 1 rings (SSSR count). The fourth-order valence-corrected chi connectivity index (χ4v) is 1.49. The molecule has 0 aliphatic carbocycles. The first-order valence-electron chi connectivity index (χ1n) is 5.45. The van der Waals surface area contributed by atoms with Gasteiger partial charge < -0.3 is 10.2 Å². The number of H-pyrrole nitrogens is 1. The number of aromatic amines is 1. The first kappa shape index (κ1) is 12.7. The minimum atomic E-state index is -0.183. The molecule has 1 aromatic rings. The van der Waals surface area contributed by atoms with Gasteiger partial charge in [-0.25, -0.2) is 5.10 Å². The first-order valence-corrected chi connectivity index (χ1v) is 5.45. The summed E-state index contributed by atoms with van der Waals surface area (Å²) in [6.07, 6.45) is 1.63. The Morgan fingerprint density at radius 1 is 1.50 bits per heavy atom. The molecule has 0 spiro atoms. The third kappa shape index (κ3) is 4.02. The number of aromatic nitrogens is 2. The van der Waals surface area contributed by atoms with Crippen LogP contribution in [0.1, 0.15) is 13.8 Å². The highest BCUT2D eigenvalue weighted by molar-refractivity contribution is 5.40. The van der Waals surface area contributed by atoms with E-state index in [1.165, 1.54) is 6.07 Å². The lowest BCUT2D eigenvalue weighted by atomic mass is 10.0. The van der Waals surface area contributed by atoms with Crippen molar-refractivity contribution < 1.29 is 0 Å². The maximum atomic E-state index is 11.1. The summed E-state index contributed by atoms with van der Waals surface area (Å²) < 4.78 is 0. The fraction of sp³-hybridized carbons (Fsp3) is 0.636. The van der Waals surface area contributed by atoms with Crippen LogP contribution in [0.25, 0.3) is 0 Å². The standard InChI is InChI=1S/C11H20N4O/c1-8(2)10(7-15(3)4)13-9-5-11(16)14-12-6-9/h5-6,8,10H,7H2,1-4H3,(H2,13,14,16). The predicted molar refractivity (Wildman–Crippen MR) is 65.7 cm³/mol. The second kappa shape index (κ2) is 5.65. The molecule has 1 atom stereocenters. The second-order valence-corrected chi connectivity index (χ2v) is 4.59. The quantitative estimate of drug-likeness (QED) is 0.775. The van der Waals surface area contributed by atoms with Gasteiger partial charge in [0.2, 0.25) is 0 Å². The molecule has 0 aromatic carbocycles. The van der Waals surface area contributed by atoms with Crippen LogP contribution in [0.4, 0.5) is 5.69 Å². The van der Waals surface area contributed by atoms with E-state index < -0.39 is 0 Å². The molecule has 0 saturated carbocycles. The maximum absolute atomic E-state index is 11.1. The van der Waals surface area contributed by atoms with Gasteiger partial charge in [-0.3, -0.25) is 4.79 Å². The topological polar surface area (TPSA) is 61.0 Å². The number of nitrogens with one attached hydrogen (secondary N) is 2. The molecule has 16 heavy (non-hydrogen) atoms. The monoisotopic (exact) mass is 224 g/mol. The smallest absolute Gasteiger partial charge is 0.266 e. The minimum Gasteiger partial charge on any atom is -0.379 e. The number of nitrogens with zero attached hydrogens (tertiary/aromatic N) is 2. The van der Waals surface area contributed by atoms with Crippen molar-refractivity contribution >= 4 is 5.69 Å². The Bertz CT molecular complexity index is 372. The summed E-state index contributed by atoms with van der Waals surface area (Å²) in [5, 5.41) is 9.45. The van der Waals surface area contributed by atoms with Crippen LogP contribution in [0.2, 0.25) is 0 Å². The van der Waals surface area contributed by atoms with Crippen LogP contribution < -0.4 is 10.9 Å². The summed E-state index contributed by atoms with van der Waals surface area (Å²) in [4.78, 5) is 13.2. The van der Waals surface area contributed by atoms with Crippen LogP contribution in [-0.2, 0) is 0 Å². The van der Waals surface area contributed by atoms with Gasteiger partial charge in [0.15, 0.2) is 0 Å². The van der Waals surface area contributed by atoms with E-state index >= 15 is 0 Å². The number of likely N-dealkylation sites (N-methyl/N-ethyl adjacent to an activating group) is 1. The van der Waals surface area contributed by atoms with E-state index in [2.05, 4.69) is 34.3 Å². The summed E-state index contributed by atoms with van der Waals surface area (Å²) in [5.41, 5.74) is 0.585. The third-order valence-electron chi connectivity index (χ3n) is 2.38. The van der Waals surface area contributed by atoms with Crippen molar-refractivity contribution in [2.24, 2.45) is 5.92 Å². The number of hydrogen-bond acceptors (Lipinski definition) is 4. The van der Waals surface area contributed by atoms with Gasteiger partial charge in [-0.05, 0) is 20.0 Å². The Labute approximate surface area is 95.9 Å². The summed E-state index contributed by atoms with van der Waals surface area (Å²) in [7, 11) is 4.07. The lowest BCUT2D eigenvalue weighted by Gasteiger charge is -2.26. The van der Waals surface area contributed by atoms with E-state index in [4.69, 9.17) is 0 Å². The minimum absolute atomic E-state index is 0.183. The highest BCUT2D eigenvalue weighted by Crippen LogP contribution is 2.10. The molecule has 1 heterocycles. The molecular formula is C11H20N4O.